The van der Waals surface area contributed by atoms with Gasteiger partial charge in [0.15, 0.2) is 0 Å². The predicted octanol–water partition coefficient (Wildman–Crippen LogP) is 1.06. The minimum absolute atomic E-state index is 0.0245. The Labute approximate surface area is 102 Å². The fourth-order valence-corrected chi connectivity index (χ4v) is 1.89. The van der Waals surface area contributed by atoms with Crippen LogP contribution in [0.2, 0.25) is 5.15 Å². The third-order valence-corrected chi connectivity index (χ3v) is 2.66. The Kier molecular flexibility index (Phi) is 3.30. The third kappa shape index (κ3) is 2.40. The van der Waals surface area contributed by atoms with Gasteiger partial charge in [0.2, 0.25) is 5.82 Å². The fourth-order valence-electron chi connectivity index (χ4n) is 1.69. The Balaban J connectivity index is 2.46. The normalized spacial score (nSPS) is 15.9. The summed E-state index contributed by atoms with van der Waals surface area (Å²) >= 11 is 5.77. The molecule has 8 heteroatoms. The number of halogens is 1. The van der Waals surface area contributed by atoms with Crippen LogP contribution in [0.4, 0.5) is 17.2 Å². The van der Waals surface area contributed by atoms with Gasteiger partial charge in [-0.3, -0.25) is 10.1 Å². The minimum atomic E-state index is -0.538. The van der Waals surface area contributed by atoms with Crippen molar-refractivity contribution in [3.05, 3.63) is 21.3 Å². The second kappa shape index (κ2) is 4.72. The molecule has 92 valence electrons. The molecule has 2 N–H and O–H groups in total. The second-order valence-corrected chi connectivity index (χ2v) is 3.95. The molecular weight excluding hydrogens is 248 g/mol. The first kappa shape index (κ1) is 11.9. The summed E-state index contributed by atoms with van der Waals surface area (Å²) in [6.07, 6.45) is 0. The Morgan fingerprint density at radius 3 is 2.76 bits per heavy atom. The highest BCUT2D eigenvalue weighted by molar-refractivity contribution is 6.30. The maximum absolute atomic E-state index is 11.0. The third-order valence-electron chi connectivity index (χ3n) is 2.47. The number of nitro groups is 1. The van der Waals surface area contributed by atoms with Gasteiger partial charge in [0.25, 0.3) is 0 Å². The number of anilines is 2. The molecule has 1 saturated heterocycles. The topological polar surface area (TPSA) is 94.5 Å². The summed E-state index contributed by atoms with van der Waals surface area (Å²) in [5.41, 5.74) is 5.43. The number of nitrogens with zero attached hydrogens (tertiary/aromatic N) is 3. The highest BCUT2D eigenvalue weighted by Gasteiger charge is 2.26. The minimum Gasteiger partial charge on any atom is -0.393 e. The van der Waals surface area contributed by atoms with E-state index < -0.39 is 4.92 Å². The van der Waals surface area contributed by atoms with Crippen molar-refractivity contribution in [3.8, 4) is 0 Å². The molecule has 0 spiro atoms. The van der Waals surface area contributed by atoms with Crippen LogP contribution in [-0.2, 0) is 4.74 Å². The molecule has 0 atom stereocenters. The molecule has 1 fully saturated rings. The molecule has 0 aliphatic carbocycles. The van der Waals surface area contributed by atoms with Crippen molar-refractivity contribution >= 4 is 28.8 Å². The summed E-state index contributed by atoms with van der Waals surface area (Å²) < 4.78 is 5.18. The average Bonchev–Trinajstić information content (AvgIpc) is 2.28. The zero-order chi connectivity index (χ0) is 12.4. The van der Waals surface area contributed by atoms with Crippen molar-refractivity contribution in [2.75, 3.05) is 36.9 Å². The molecule has 1 aliphatic heterocycles. The van der Waals surface area contributed by atoms with Gasteiger partial charge in [-0.05, 0) is 0 Å². The van der Waals surface area contributed by atoms with Crippen molar-refractivity contribution in [3.63, 3.8) is 0 Å². The van der Waals surface area contributed by atoms with Gasteiger partial charge in [-0.15, -0.1) is 0 Å². The van der Waals surface area contributed by atoms with E-state index in [9.17, 15) is 10.1 Å². The molecule has 0 radical (unpaired) electrons. The summed E-state index contributed by atoms with van der Waals surface area (Å²) in [4.78, 5) is 16.2. The number of morpholine rings is 1. The van der Waals surface area contributed by atoms with Crippen LogP contribution < -0.4 is 10.6 Å². The smallest absolute Gasteiger partial charge is 0.334 e. The lowest BCUT2D eigenvalue weighted by Gasteiger charge is -2.27. The molecule has 2 rings (SSSR count). The lowest BCUT2D eigenvalue weighted by Crippen LogP contribution is -2.37. The lowest BCUT2D eigenvalue weighted by atomic mass is 10.3. The molecule has 1 aliphatic rings. The Morgan fingerprint density at radius 2 is 2.18 bits per heavy atom. The van der Waals surface area contributed by atoms with Gasteiger partial charge in [-0.2, -0.15) is 0 Å². The first-order valence-electron chi connectivity index (χ1n) is 5.02. The van der Waals surface area contributed by atoms with Crippen molar-refractivity contribution in [1.29, 1.82) is 0 Å². The number of aromatic nitrogens is 1. The first-order valence-corrected chi connectivity index (χ1v) is 5.40. The molecule has 0 unspecified atom stereocenters. The highest BCUT2D eigenvalue weighted by atomic mass is 35.5. The first-order chi connectivity index (χ1) is 8.09. The maximum Gasteiger partial charge on any atom is 0.334 e. The van der Waals surface area contributed by atoms with Crippen LogP contribution in [0.5, 0.6) is 0 Å². The van der Waals surface area contributed by atoms with Crippen molar-refractivity contribution in [1.82, 2.24) is 4.98 Å². The molecular formula is C9H11ClN4O3. The number of hydrogen-bond acceptors (Lipinski definition) is 6. The molecule has 17 heavy (non-hydrogen) atoms. The van der Waals surface area contributed by atoms with Gasteiger partial charge in [0.05, 0.1) is 18.1 Å². The number of ether oxygens (including phenoxy) is 1. The lowest BCUT2D eigenvalue weighted by molar-refractivity contribution is -0.383. The predicted molar refractivity (Wildman–Crippen MR) is 63.3 cm³/mol. The average molecular weight is 259 g/mol. The number of rotatable bonds is 2. The number of pyridine rings is 1. The quantitative estimate of drug-likeness (QED) is 0.484. The van der Waals surface area contributed by atoms with E-state index in [-0.39, 0.29) is 22.3 Å². The molecule has 0 amide bonds. The van der Waals surface area contributed by atoms with Gasteiger partial charge in [0.1, 0.15) is 10.8 Å². The molecule has 0 saturated carbocycles. The van der Waals surface area contributed by atoms with Crippen LogP contribution in [0.3, 0.4) is 0 Å². The van der Waals surface area contributed by atoms with E-state index in [2.05, 4.69) is 4.98 Å². The zero-order valence-corrected chi connectivity index (χ0v) is 9.68. The van der Waals surface area contributed by atoms with E-state index in [0.717, 1.165) is 0 Å². The van der Waals surface area contributed by atoms with Crippen LogP contribution >= 0.6 is 11.6 Å². The molecule has 0 bridgehead atoms. The van der Waals surface area contributed by atoms with Gasteiger partial charge < -0.3 is 15.4 Å². The summed E-state index contributed by atoms with van der Waals surface area (Å²) in [5, 5.41) is 11.1. The van der Waals surface area contributed by atoms with Crippen LogP contribution in [0.15, 0.2) is 6.07 Å². The van der Waals surface area contributed by atoms with Crippen LogP contribution in [0, 0.1) is 10.1 Å². The maximum atomic E-state index is 11.0. The van der Waals surface area contributed by atoms with E-state index >= 15 is 0 Å². The zero-order valence-electron chi connectivity index (χ0n) is 8.93. The monoisotopic (exact) mass is 258 g/mol. The molecule has 2 heterocycles. The molecule has 1 aromatic heterocycles. The molecule has 1 aromatic rings. The van der Waals surface area contributed by atoms with E-state index in [1.807, 2.05) is 0 Å². The van der Waals surface area contributed by atoms with Crippen molar-refractivity contribution < 1.29 is 9.66 Å². The number of nitrogens with two attached hydrogens (primary N) is 1. The van der Waals surface area contributed by atoms with Crippen LogP contribution in [0.1, 0.15) is 0 Å². The Hall–Kier alpha value is -1.60. The molecule has 0 aromatic carbocycles. The summed E-state index contributed by atoms with van der Waals surface area (Å²) in [7, 11) is 0. The van der Waals surface area contributed by atoms with Gasteiger partial charge in [-0.1, -0.05) is 11.6 Å². The Morgan fingerprint density at radius 1 is 1.53 bits per heavy atom. The summed E-state index contributed by atoms with van der Waals surface area (Å²) in [5.74, 6) is 0.211. The van der Waals surface area contributed by atoms with E-state index in [4.69, 9.17) is 22.1 Å². The van der Waals surface area contributed by atoms with Gasteiger partial charge in [-0.25, -0.2) is 4.98 Å². The van der Waals surface area contributed by atoms with Crippen LogP contribution in [0.25, 0.3) is 0 Å². The highest BCUT2D eigenvalue weighted by Crippen LogP contribution is 2.34. The van der Waals surface area contributed by atoms with E-state index in [1.165, 1.54) is 6.07 Å². The van der Waals surface area contributed by atoms with Crippen LogP contribution in [-0.4, -0.2) is 36.2 Å². The van der Waals surface area contributed by atoms with Gasteiger partial charge in [0, 0.05) is 19.2 Å². The van der Waals surface area contributed by atoms with E-state index in [0.29, 0.717) is 26.3 Å². The SMILES string of the molecule is Nc1cc(Cl)nc(N2CCOCC2)c1[N+](=O)[O-]. The Bertz CT molecular complexity index is 448. The largest absolute Gasteiger partial charge is 0.393 e. The van der Waals surface area contributed by atoms with E-state index in [1.54, 1.807) is 4.90 Å². The number of nitrogen functional groups attached to an aromatic ring is 1. The summed E-state index contributed by atoms with van der Waals surface area (Å²) in [6, 6.07) is 1.28. The molecule has 7 nitrogen and oxygen atoms in total. The second-order valence-electron chi connectivity index (χ2n) is 3.56. The summed E-state index contributed by atoms with van der Waals surface area (Å²) in [6.45, 7) is 2.08. The fraction of sp³-hybridized carbons (Fsp3) is 0.444. The van der Waals surface area contributed by atoms with Gasteiger partial charge >= 0.3 is 5.69 Å². The van der Waals surface area contributed by atoms with Crippen molar-refractivity contribution in [2.45, 2.75) is 0 Å². The standard InChI is InChI=1S/C9H11ClN4O3/c10-7-5-6(11)8(14(15)16)9(12-7)13-1-3-17-4-2-13/h5H,1-4H2,(H2,11,12). The van der Waals surface area contributed by atoms with Crippen molar-refractivity contribution in [2.24, 2.45) is 0 Å². The number of hydrogen-bond donors (Lipinski definition) is 1.